The van der Waals surface area contributed by atoms with Crippen LogP contribution in [0, 0.1) is 17.5 Å². The first-order valence-electron chi connectivity index (χ1n) is 4.98. The number of hydrogen-bond acceptors (Lipinski definition) is 3. The SMILES string of the molecule is O=S(=O)(Nc1ccc(F)cc1F)c1ncccc1F. The van der Waals surface area contributed by atoms with Gasteiger partial charge in [-0.1, -0.05) is 0 Å². The Morgan fingerprint density at radius 1 is 1.05 bits per heavy atom. The normalized spacial score (nSPS) is 11.3. The lowest BCUT2D eigenvalue weighted by Crippen LogP contribution is -2.17. The van der Waals surface area contributed by atoms with Crippen LogP contribution in [0.5, 0.6) is 0 Å². The first-order chi connectivity index (χ1) is 8.90. The number of sulfonamides is 1. The molecule has 0 aliphatic rings. The maximum Gasteiger partial charge on any atom is 0.282 e. The van der Waals surface area contributed by atoms with Gasteiger partial charge in [0.15, 0.2) is 5.82 Å². The van der Waals surface area contributed by atoms with Crippen LogP contribution >= 0.6 is 0 Å². The van der Waals surface area contributed by atoms with E-state index in [-0.39, 0.29) is 0 Å². The number of nitrogens with one attached hydrogen (secondary N) is 1. The molecule has 0 saturated carbocycles. The predicted octanol–water partition coefficient (Wildman–Crippen LogP) is 2.30. The Bertz CT molecular complexity index is 720. The zero-order valence-electron chi connectivity index (χ0n) is 9.27. The van der Waals surface area contributed by atoms with Crippen LogP contribution < -0.4 is 4.72 Å². The number of anilines is 1. The molecule has 19 heavy (non-hydrogen) atoms. The monoisotopic (exact) mass is 288 g/mol. The third kappa shape index (κ3) is 2.84. The molecule has 4 nitrogen and oxygen atoms in total. The number of rotatable bonds is 3. The molecular formula is C11H7F3N2O2S. The van der Waals surface area contributed by atoms with Gasteiger partial charge >= 0.3 is 0 Å². The largest absolute Gasteiger partial charge is 0.282 e. The molecule has 2 rings (SSSR count). The summed E-state index contributed by atoms with van der Waals surface area (Å²) in [6.45, 7) is 0. The Labute approximate surface area is 107 Å². The van der Waals surface area contributed by atoms with Gasteiger partial charge in [-0.3, -0.25) is 4.72 Å². The van der Waals surface area contributed by atoms with Gasteiger partial charge in [0.1, 0.15) is 11.6 Å². The van der Waals surface area contributed by atoms with Crippen molar-refractivity contribution in [3.05, 3.63) is 54.0 Å². The van der Waals surface area contributed by atoms with Crippen LogP contribution in [0.1, 0.15) is 0 Å². The van der Waals surface area contributed by atoms with Crippen LogP contribution in [0.3, 0.4) is 0 Å². The van der Waals surface area contributed by atoms with Crippen molar-refractivity contribution < 1.29 is 21.6 Å². The third-order valence-electron chi connectivity index (χ3n) is 2.15. The lowest BCUT2D eigenvalue weighted by molar-refractivity contribution is 0.555. The minimum atomic E-state index is -4.38. The predicted molar refractivity (Wildman–Crippen MR) is 61.4 cm³/mol. The molecule has 0 amide bonds. The van der Waals surface area contributed by atoms with Crippen molar-refractivity contribution >= 4 is 15.7 Å². The Balaban J connectivity index is 2.40. The van der Waals surface area contributed by atoms with Gasteiger partial charge < -0.3 is 0 Å². The van der Waals surface area contributed by atoms with Gasteiger partial charge in [-0.25, -0.2) is 18.2 Å². The molecule has 0 saturated heterocycles. The van der Waals surface area contributed by atoms with E-state index in [1.165, 1.54) is 6.07 Å². The second-order valence-electron chi connectivity index (χ2n) is 3.52. The molecule has 0 aliphatic heterocycles. The van der Waals surface area contributed by atoms with Gasteiger partial charge in [-0.2, -0.15) is 8.42 Å². The first kappa shape index (κ1) is 13.3. The standard InChI is InChI=1S/C11H7F3N2O2S/c12-7-3-4-10(9(14)6-7)16-19(17,18)11-8(13)2-1-5-15-11/h1-6,16H. The summed E-state index contributed by atoms with van der Waals surface area (Å²) in [5, 5.41) is -0.862. The molecular weight excluding hydrogens is 281 g/mol. The maximum atomic E-state index is 13.3. The highest BCUT2D eigenvalue weighted by atomic mass is 32.2. The molecule has 0 unspecified atom stereocenters. The van der Waals surface area contributed by atoms with Crippen LogP contribution in [0.25, 0.3) is 0 Å². The van der Waals surface area contributed by atoms with Crippen molar-refractivity contribution in [3.63, 3.8) is 0 Å². The lowest BCUT2D eigenvalue weighted by Gasteiger charge is -2.08. The van der Waals surface area contributed by atoms with Crippen molar-refractivity contribution in [2.24, 2.45) is 0 Å². The molecule has 1 heterocycles. The van der Waals surface area contributed by atoms with E-state index in [9.17, 15) is 21.6 Å². The summed E-state index contributed by atoms with van der Waals surface area (Å²) < 4.78 is 64.7. The molecule has 0 spiro atoms. The van der Waals surface area contributed by atoms with E-state index in [4.69, 9.17) is 0 Å². The second-order valence-corrected chi connectivity index (χ2v) is 5.12. The summed E-state index contributed by atoms with van der Waals surface area (Å²) in [6.07, 6.45) is 1.08. The quantitative estimate of drug-likeness (QED) is 0.942. The molecule has 1 N–H and O–H groups in total. The summed E-state index contributed by atoms with van der Waals surface area (Å²) in [7, 11) is -4.38. The average molecular weight is 288 g/mol. The Kier molecular flexibility index (Phi) is 3.43. The van der Waals surface area contributed by atoms with Crippen LogP contribution in [0.4, 0.5) is 18.9 Å². The van der Waals surface area contributed by atoms with Gasteiger partial charge in [-0.05, 0) is 24.3 Å². The summed E-state index contributed by atoms with van der Waals surface area (Å²) in [5.41, 5.74) is -0.494. The van der Waals surface area contributed by atoms with Gasteiger partial charge in [0, 0.05) is 12.3 Å². The van der Waals surface area contributed by atoms with Crippen molar-refractivity contribution in [2.75, 3.05) is 4.72 Å². The average Bonchev–Trinajstić information content (AvgIpc) is 2.33. The third-order valence-corrected chi connectivity index (χ3v) is 3.45. The molecule has 0 aliphatic carbocycles. The Morgan fingerprint density at radius 2 is 1.79 bits per heavy atom. The molecule has 100 valence electrons. The highest BCUT2D eigenvalue weighted by molar-refractivity contribution is 7.92. The number of benzene rings is 1. The van der Waals surface area contributed by atoms with Crippen molar-refractivity contribution in [1.29, 1.82) is 0 Å². The molecule has 0 fully saturated rings. The van der Waals surface area contributed by atoms with E-state index in [0.29, 0.717) is 6.07 Å². The summed E-state index contributed by atoms with van der Waals surface area (Å²) in [5.74, 6) is -3.04. The van der Waals surface area contributed by atoms with E-state index in [0.717, 1.165) is 24.4 Å². The van der Waals surface area contributed by atoms with Crippen LogP contribution in [-0.4, -0.2) is 13.4 Å². The van der Waals surface area contributed by atoms with Gasteiger partial charge in [0.25, 0.3) is 10.0 Å². The molecule has 1 aromatic carbocycles. The van der Waals surface area contributed by atoms with Crippen LogP contribution in [-0.2, 0) is 10.0 Å². The van der Waals surface area contributed by atoms with Crippen molar-refractivity contribution in [3.8, 4) is 0 Å². The van der Waals surface area contributed by atoms with Gasteiger partial charge in [0.05, 0.1) is 5.69 Å². The topological polar surface area (TPSA) is 59.1 Å². The zero-order valence-corrected chi connectivity index (χ0v) is 10.1. The van der Waals surface area contributed by atoms with E-state index >= 15 is 0 Å². The fourth-order valence-electron chi connectivity index (χ4n) is 1.33. The lowest BCUT2D eigenvalue weighted by atomic mass is 10.3. The second kappa shape index (κ2) is 4.88. The zero-order chi connectivity index (χ0) is 14.0. The number of pyridine rings is 1. The number of hydrogen-bond donors (Lipinski definition) is 1. The Hall–Kier alpha value is -2.09. The highest BCUT2D eigenvalue weighted by Gasteiger charge is 2.21. The molecule has 2 aromatic rings. The van der Waals surface area contributed by atoms with Crippen molar-refractivity contribution in [1.82, 2.24) is 4.98 Å². The smallest absolute Gasteiger partial charge is 0.275 e. The minimum absolute atomic E-state index is 0.494. The molecule has 0 atom stereocenters. The van der Waals surface area contributed by atoms with Crippen LogP contribution in [0.2, 0.25) is 0 Å². The van der Waals surface area contributed by atoms with E-state index < -0.39 is 38.2 Å². The fourth-order valence-corrected chi connectivity index (χ4v) is 2.41. The van der Waals surface area contributed by atoms with Gasteiger partial charge in [0.2, 0.25) is 5.03 Å². The highest BCUT2D eigenvalue weighted by Crippen LogP contribution is 2.20. The molecule has 8 heteroatoms. The van der Waals surface area contributed by atoms with E-state index in [1.807, 2.05) is 0 Å². The van der Waals surface area contributed by atoms with Gasteiger partial charge in [-0.15, -0.1) is 0 Å². The van der Waals surface area contributed by atoms with Crippen LogP contribution in [0.15, 0.2) is 41.6 Å². The van der Waals surface area contributed by atoms with E-state index in [1.54, 1.807) is 4.72 Å². The van der Waals surface area contributed by atoms with Crippen molar-refractivity contribution in [2.45, 2.75) is 5.03 Å². The maximum absolute atomic E-state index is 13.3. The molecule has 0 radical (unpaired) electrons. The molecule has 0 bridgehead atoms. The first-order valence-corrected chi connectivity index (χ1v) is 6.47. The van der Waals surface area contributed by atoms with E-state index in [2.05, 4.69) is 4.98 Å². The summed E-state index contributed by atoms with van der Waals surface area (Å²) in [4.78, 5) is 3.37. The number of aromatic nitrogens is 1. The molecule has 1 aromatic heterocycles. The summed E-state index contributed by atoms with van der Waals surface area (Å²) >= 11 is 0. The fraction of sp³-hybridized carbons (Fsp3) is 0. The number of nitrogens with zero attached hydrogens (tertiary/aromatic N) is 1. The minimum Gasteiger partial charge on any atom is -0.275 e. The number of halogens is 3. The summed E-state index contributed by atoms with van der Waals surface area (Å²) in [6, 6.07) is 4.39. The Morgan fingerprint density at radius 3 is 2.42 bits per heavy atom.